The minimum absolute atomic E-state index is 0.356. The van der Waals surface area contributed by atoms with Gasteiger partial charge in [0.25, 0.3) is 0 Å². The molecular formula is C62H43N3S2. The van der Waals surface area contributed by atoms with Gasteiger partial charge in [0.05, 0.1) is 22.4 Å². The van der Waals surface area contributed by atoms with Crippen molar-refractivity contribution in [3.8, 4) is 27.9 Å². The molecule has 0 fully saturated rings. The molecule has 5 heteroatoms. The number of allylic oxidation sites excluding steroid dienone is 4. The SMILES string of the molecule is CC1=CC=C2C(C1)c1cc(C)ccc1N2c1ccc2c(c1)Sc1cc(-n3c4ccc(-c5ccccc5)cc4c4cc(-c5ccccc5)ccc43)ccc1N2c1ccc2sc3ccccc3c2c1. The first-order valence-corrected chi connectivity index (χ1v) is 24.8. The van der Waals surface area contributed by atoms with Gasteiger partial charge in [-0.2, -0.15) is 0 Å². The summed E-state index contributed by atoms with van der Waals surface area (Å²) < 4.78 is 5.10. The molecule has 0 N–H and O–H groups in total. The Kier molecular flexibility index (Phi) is 8.65. The zero-order valence-corrected chi connectivity index (χ0v) is 38.7. The van der Waals surface area contributed by atoms with Gasteiger partial charge in [-0.1, -0.05) is 132 Å². The summed E-state index contributed by atoms with van der Waals surface area (Å²) in [5, 5.41) is 5.09. The van der Waals surface area contributed by atoms with E-state index in [1.54, 1.807) is 0 Å². The van der Waals surface area contributed by atoms with Crippen molar-refractivity contribution < 1.29 is 0 Å². The third kappa shape index (κ3) is 6.12. The molecule has 67 heavy (non-hydrogen) atoms. The summed E-state index contributed by atoms with van der Waals surface area (Å²) in [6, 6.07) is 72.6. The Labute approximate surface area is 398 Å². The molecule has 1 unspecified atom stereocenters. The molecule has 1 aliphatic carbocycles. The highest BCUT2D eigenvalue weighted by atomic mass is 32.2. The molecule has 2 aliphatic heterocycles. The molecule has 14 rings (SSSR count). The molecule has 0 saturated carbocycles. The maximum atomic E-state index is 2.52. The smallest absolute Gasteiger partial charge is 0.0603 e. The van der Waals surface area contributed by atoms with Crippen LogP contribution in [0.4, 0.5) is 28.4 Å². The van der Waals surface area contributed by atoms with Gasteiger partial charge in [-0.25, -0.2) is 0 Å². The van der Waals surface area contributed by atoms with Crippen molar-refractivity contribution in [2.45, 2.75) is 36.0 Å². The molecule has 4 heterocycles. The summed E-state index contributed by atoms with van der Waals surface area (Å²) in [4.78, 5) is 7.48. The Morgan fingerprint density at radius 2 is 1.03 bits per heavy atom. The lowest BCUT2D eigenvalue weighted by Gasteiger charge is -2.34. The molecule has 2 aromatic heterocycles. The molecular weight excluding hydrogens is 851 g/mol. The van der Waals surface area contributed by atoms with Crippen molar-refractivity contribution in [1.29, 1.82) is 0 Å². The van der Waals surface area contributed by atoms with Gasteiger partial charge in [0.1, 0.15) is 0 Å². The normalized spacial score (nSPS) is 15.2. The first-order chi connectivity index (χ1) is 33.0. The monoisotopic (exact) mass is 893 g/mol. The first kappa shape index (κ1) is 38.7. The molecule has 9 aromatic carbocycles. The highest BCUT2D eigenvalue weighted by molar-refractivity contribution is 7.99. The largest absolute Gasteiger partial charge is 0.313 e. The second-order valence-corrected chi connectivity index (χ2v) is 20.5. The molecule has 0 saturated heterocycles. The number of fused-ring (bicyclic) bond motifs is 11. The number of thiophene rings is 1. The van der Waals surface area contributed by atoms with E-state index in [1.165, 1.54) is 119 Å². The van der Waals surface area contributed by atoms with Gasteiger partial charge in [0, 0.05) is 75.1 Å². The van der Waals surface area contributed by atoms with Crippen molar-refractivity contribution in [3.05, 3.63) is 229 Å². The van der Waals surface area contributed by atoms with Crippen molar-refractivity contribution >= 4 is 93.5 Å². The fraction of sp³-hybridized carbons (Fsp3) is 0.0645. The first-order valence-electron chi connectivity index (χ1n) is 23.2. The minimum Gasteiger partial charge on any atom is -0.313 e. The number of aromatic nitrogens is 1. The van der Waals surface area contributed by atoms with Crippen molar-refractivity contribution in [3.63, 3.8) is 0 Å². The van der Waals surface area contributed by atoms with Gasteiger partial charge in [0.15, 0.2) is 0 Å². The van der Waals surface area contributed by atoms with Gasteiger partial charge in [-0.3, -0.25) is 0 Å². The van der Waals surface area contributed by atoms with E-state index in [0.717, 1.165) is 17.8 Å². The Morgan fingerprint density at radius 3 is 1.75 bits per heavy atom. The van der Waals surface area contributed by atoms with E-state index in [2.05, 4.69) is 234 Å². The summed E-state index contributed by atoms with van der Waals surface area (Å²) >= 11 is 3.76. The van der Waals surface area contributed by atoms with E-state index in [4.69, 9.17) is 0 Å². The topological polar surface area (TPSA) is 11.4 Å². The summed E-state index contributed by atoms with van der Waals surface area (Å²) in [6.07, 6.45) is 5.72. The van der Waals surface area contributed by atoms with E-state index in [9.17, 15) is 0 Å². The predicted octanol–water partition coefficient (Wildman–Crippen LogP) is 18.2. The molecule has 1 atom stereocenters. The van der Waals surface area contributed by atoms with Crippen LogP contribution >= 0.6 is 23.1 Å². The van der Waals surface area contributed by atoms with Crippen LogP contribution in [0.15, 0.2) is 227 Å². The third-order valence-electron chi connectivity index (χ3n) is 14.2. The van der Waals surface area contributed by atoms with Crippen LogP contribution in [-0.4, -0.2) is 4.57 Å². The molecule has 11 aromatic rings. The van der Waals surface area contributed by atoms with Gasteiger partial charge in [-0.05, 0) is 145 Å². The van der Waals surface area contributed by atoms with Gasteiger partial charge < -0.3 is 14.4 Å². The van der Waals surface area contributed by atoms with E-state index in [0.29, 0.717) is 5.92 Å². The molecule has 318 valence electrons. The average Bonchev–Trinajstić information content (AvgIpc) is 4.02. The van der Waals surface area contributed by atoms with E-state index in [1.807, 2.05) is 23.1 Å². The number of benzene rings is 9. The Hall–Kier alpha value is -7.57. The zero-order valence-electron chi connectivity index (χ0n) is 37.1. The minimum atomic E-state index is 0.356. The third-order valence-corrected chi connectivity index (χ3v) is 16.4. The fourth-order valence-corrected chi connectivity index (χ4v) is 13.3. The number of aryl methyl sites for hydroxylation is 1. The molecule has 3 nitrogen and oxygen atoms in total. The molecule has 0 amide bonds. The lowest BCUT2D eigenvalue weighted by Crippen LogP contribution is -2.18. The quantitative estimate of drug-likeness (QED) is 0.171. The van der Waals surface area contributed by atoms with E-state index in [-0.39, 0.29) is 0 Å². The number of rotatable bonds is 5. The maximum Gasteiger partial charge on any atom is 0.0603 e. The predicted molar refractivity (Wildman–Crippen MR) is 286 cm³/mol. The standard InChI is InChI=1S/C62H43N3S2/c1-38-17-24-53-48(31-38)49-32-39(2)18-25-54(49)63(53)45-21-28-57-61(36-45)67-62-37-46(22-29-58(62)65(57)44-23-30-60-52(35-44)47-15-9-10-16-59(47)66-60)64-55-26-19-42(40-11-5-3-6-12-40)33-50(55)51-34-43(20-27-56(51)64)41-13-7-4-8-14-41/h3-31,33-37,49H,32H2,1-2H3. The number of nitrogens with zero attached hydrogens (tertiary/aromatic N) is 3. The van der Waals surface area contributed by atoms with Crippen LogP contribution < -0.4 is 9.80 Å². The van der Waals surface area contributed by atoms with Gasteiger partial charge in [-0.15, -0.1) is 11.3 Å². The summed E-state index contributed by atoms with van der Waals surface area (Å²) in [6.45, 7) is 4.48. The second-order valence-electron chi connectivity index (χ2n) is 18.3. The van der Waals surface area contributed by atoms with E-state index >= 15 is 0 Å². The number of hydrogen-bond donors (Lipinski definition) is 0. The van der Waals surface area contributed by atoms with Crippen LogP contribution in [0.25, 0.3) is 69.9 Å². The van der Waals surface area contributed by atoms with Crippen LogP contribution in [0.1, 0.15) is 30.4 Å². The highest BCUT2D eigenvalue weighted by Gasteiger charge is 2.37. The molecule has 3 aliphatic rings. The molecule has 0 bridgehead atoms. The van der Waals surface area contributed by atoms with Crippen molar-refractivity contribution in [1.82, 2.24) is 4.57 Å². The fourth-order valence-electron chi connectivity index (χ4n) is 11.0. The van der Waals surface area contributed by atoms with E-state index < -0.39 is 0 Å². The second kappa shape index (κ2) is 15.0. The highest BCUT2D eigenvalue weighted by Crippen LogP contribution is 2.57. The molecule has 0 spiro atoms. The zero-order chi connectivity index (χ0) is 44.3. The Balaban J connectivity index is 0.962. The maximum absolute atomic E-state index is 2.52. The van der Waals surface area contributed by atoms with Crippen LogP contribution in [0.5, 0.6) is 0 Å². The number of anilines is 5. The van der Waals surface area contributed by atoms with Gasteiger partial charge in [0.2, 0.25) is 0 Å². The lowest BCUT2D eigenvalue weighted by atomic mass is 9.88. The number of hydrogen-bond acceptors (Lipinski definition) is 4. The summed E-state index contributed by atoms with van der Waals surface area (Å²) in [5.41, 5.74) is 19.9. The van der Waals surface area contributed by atoms with Crippen LogP contribution in [0.3, 0.4) is 0 Å². The summed E-state index contributed by atoms with van der Waals surface area (Å²) in [5.74, 6) is 0.356. The van der Waals surface area contributed by atoms with Crippen LogP contribution in [0, 0.1) is 6.92 Å². The Morgan fingerprint density at radius 1 is 0.433 bits per heavy atom. The Bertz CT molecular complexity index is 3810. The summed E-state index contributed by atoms with van der Waals surface area (Å²) in [7, 11) is 0. The van der Waals surface area contributed by atoms with Crippen molar-refractivity contribution in [2.24, 2.45) is 0 Å². The molecule has 0 radical (unpaired) electrons. The van der Waals surface area contributed by atoms with Crippen LogP contribution in [0.2, 0.25) is 0 Å². The average molecular weight is 894 g/mol. The van der Waals surface area contributed by atoms with Crippen LogP contribution in [-0.2, 0) is 0 Å². The van der Waals surface area contributed by atoms with Gasteiger partial charge >= 0.3 is 0 Å². The van der Waals surface area contributed by atoms with Crippen molar-refractivity contribution in [2.75, 3.05) is 9.80 Å². The lowest BCUT2D eigenvalue weighted by molar-refractivity contribution is 0.783.